The van der Waals surface area contributed by atoms with Gasteiger partial charge in [-0.1, -0.05) is 20.3 Å². The molecule has 1 aliphatic carbocycles. The van der Waals surface area contributed by atoms with E-state index < -0.39 is 0 Å². The van der Waals surface area contributed by atoms with E-state index in [1.165, 1.54) is 12.8 Å². The van der Waals surface area contributed by atoms with Crippen LogP contribution in [0.2, 0.25) is 0 Å². The smallest absolute Gasteiger partial charge is 0.237 e. The van der Waals surface area contributed by atoms with Crippen LogP contribution in [0.1, 0.15) is 44.5 Å². The summed E-state index contributed by atoms with van der Waals surface area (Å²) in [5, 5.41) is 6.50. The van der Waals surface area contributed by atoms with Gasteiger partial charge in [0.1, 0.15) is 0 Å². The van der Waals surface area contributed by atoms with Gasteiger partial charge in [0, 0.05) is 19.0 Å². The van der Waals surface area contributed by atoms with Gasteiger partial charge in [0.15, 0.2) is 0 Å². The van der Waals surface area contributed by atoms with Crippen LogP contribution in [0, 0.1) is 5.41 Å². The highest BCUT2D eigenvalue weighted by Crippen LogP contribution is 2.37. The van der Waals surface area contributed by atoms with Gasteiger partial charge in [-0.25, -0.2) is 4.98 Å². The SMILES string of the molecule is CC1(C)CCCC1NC(=O)C1Cc2nc[nH]c2CN1. The van der Waals surface area contributed by atoms with Crippen LogP contribution in [-0.4, -0.2) is 28.0 Å². The number of carbonyl (C=O) groups is 1. The molecule has 0 aromatic carbocycles. The Morgan fingerprint density at radius 3 is 3.11 bits per heavy atom. The van der Waals surface area contributed by atoms with Crippen LogP contribution >= 0.6 is 0 Å². The molecule has 2 atom stereocenters. The third kappa shape index (κ3) is 2.39. The molecule has 3 rings (SSSR count). The lowest BCUT2D eigenvalue weighted by Gasteiger charge is -2.30. The molecule has 5 heteroatoms. The Morgan fingerprint density at radius 2 is 2.37 bits per heavy atom. The van der Waals surface area contributed by atoms with Crippen molar-refractivity contribution in [3.63, 3.8) is 0 Å². The van der Waals surface area contributed by atoms with Gasteiger partial charge in [-0.05, 0) is 18.3 Å². The summed E-state index contributed by atoms with van der Waals surface area (Å²) in [4.78, 5) is 19.7. The Balaban J connectivity index is 1.63. The van der Waals surface area contributed by atoms with Crippen molar-refractivity contribution in [2.45, 2.75) is 58.2 Å². The summed E-state index contributed by atoms with van der Waals surface area (Å²) >= 11 is 0. The van der Waals surface area contributed by atoms with E-state index in [0.717, 1.165) is 17.8 Å². The fourth-order valence-corrected chi connectivity index (χ4v) is 3.22. The van der Waals surface area contributed by atoms with E-state index in [1.807, 2.05) is 0 Å². The molecule has 1 aromatic rings. The second-order valence-electron chi connectivity index (χ2n) is 6.41. The molecule has 0 saturated heterocycles. The van der Waals surface area contributed by atoms with Crippen molar-refractivity contribution < 1.29 is 4.79 Å². The minimum atomic E-state index is -0.146. The van der Waals surface area contributed by atoms with Crippen molar-refractivity contribution in [3.05, 3.63) is 17.7 Å². The molecule has 2 heterocycles. The molecule has 1 fully saturated rings. The van der Waals surface area contributed by atoms with Gasteiger partial charge in [0.2, 0.25) is 5.91 Å². The monoisotopic (exact) mass is 262 g/mol. The van der Waals surface area contributed by atoms with Crippen molar-refractivity contribution in [3.8, 4) is 0 Å². The van der Waals surface area contributed by atoms with Crippen molar-refractivity contribution in [1.29, 1.82) is 0 Å². The summed E-state index contributed by atoms with van der Waals surface area (Å²) in [7, 11) is 0. The molecule has 19 heavy (non-hydrogen) atoms. The van der Waals surface area contributed by atoms with E-state index in [0.29, 0.717) is 19.0 Å². The minimum Gasteiger partial charge on any atom is -0.351 e. The third-order valence-corrected chi connectivity index (χ3v) is 4.62. The Kier molecular flexibility index (Phi) is 3.09. The molecular weight excluding hydrogens is 240 g/mol. The average molecular weight is 262 g/mol. The topological polar surface area (TPSA) is 69.8 Å². The van der Waals surface area contributed by atoms with Gasteiger partial charge >= 0.3 is 0 Å². The molecule has 0 radical (unpaired) electrons. The zero-order valence-electron chi connectivity index (χ0n) is 11.6. The van der Waals surface area contributed by atoms with E-state index in [9.17, 15) is 4.79 Å². The molecule has 1 amide bonds. The zero-order chi connectivity index (χ0) is 13.5. The van der Waals surface area contributed by atoms with Crippen molar-refractivity contribution >= 4 is 5.91 Å². The molecule has 0 bridgehead atoms. The first-order valence-electron chi connectivity index (χ1n) is 7.11. The maximum atomic E-state index is 12.4. The summed E-state index contributed by atoms with van der Waals surface area (Å²) in [6.45, 7) is 5.18. The average Bonchev–Trinajstić information content (AvgIpc) is 2.95. The highest BCUT2D eigenvalue weighted by Gasteiger charge is 2.37. The van der Waals surface area contributed by atoms with Gasteiger partial charge in [0.05, 0.1) is 23.8 Å². The highest BCUT2D eigenvalue weighted by molar-refractivity contribution is 5.82. The van der Waals surface area contributed by atoms with Gasteiger partial charge in [-0.15, -0.1) is 0 Å². The van der Waals surface area contributed by atoms with E-state index in [1.54, 1.807) is 6.33 Å². The number of fused-ring (bicyclic) bond motifs is 1. The maximum Gasteiger partial charge on any atom is 0.237 e. The molecule has 0 spiro atoms. The molecule has 5 nitrogen and oxygen atoms in total. The van der Waals surface area contributed by atoms with Crippen LogP contribution < -0.4 is 10.6 Å². The number of aromatic amines is 1. The summed E-state index contributed by atoms with van der Waals surface area (Å²) in [6.07, 6.45) is 5.88. The summed E-state index contributed by atoms with van der Waals surface area (Å²) < 4.78 is 0. The van der Waals surface area contributed by atoms with E-state index in [4.69, 9.17) is 0 Å². The first kappa shape index (κ1) is 12.7. The molecule has 1 aromatic heterocycles. The van der Waals surface area contributed by atoms with Gasteiger partial charge < -0.3 is 10.3 Å². The van der Waals surface area contributed by atoms with E-state index >= 15 is 0 Å². The van der Waals surface area contributed by atoms with Crippen LogP contribution in [0.4, 0.5) is 0 Å². The second-order valence-corrected chi connectivity index (χ2v) is 6.41. The Morgan fingerprint density at radius 1 is 1.53 bits per heavy atom. The van der Waals surface area contributed by atoms with Crippen LogP contribution in [-0.2, 0) is 17.8 Å². The van der Waals surface area contributed by atoms with E-state index in [-0.39, 0.29) is 17.4 Å². The highest BCUT2D eigenvalue weighted by atomic mass is 16.2. The lowest BCUT2D eigenvalue weighted by molar-refractivity contribution is -0.124. The molecule has 1 aliphatic heterocycles. The Bertz CT molecular complexity index is 480. The largest absolute Gasteiger partial charge is 0.351 e. The number of rotatable bonds is 2. The molecular formula is C14H22N4O. The Labute approximate surface area is 113 Å². The lowest BCUT2D eigenvalue weighted by Crippen LogP contribution is -2.52. The normalized spacial score (nSPS) is 28.9. The number of aromatic nitrogens is 2. The number of nitrogens with zero attached hydrogens (tertiary/aromatic N) is 1. The van der Waals surface area contributed by atoms with Crippen molar-refractivity contribution in [2.75, 3.05) is 0 Å². The molecule has 3 N–H and O–H groups in total. The quantitative estimate of drug-likeness (QED) is 0.748. The number of hydrogen-bond donors (Lipinski definition) is 3. The molecule has 104 valence electrons. The number of H-pyrrole nitrogens is 1. The summed E-state index contributed by atoms with van der Waals surface area (Å²) in [5.74, 6) is 0.119. The van der Waals surface area contributed by atoms with Crippen molar-refractivity contribution in [1.82, 2.24) is 20.6 Å². The van der Waals surface area contributed by atoms with Crippen LogP contribution in [0.3, 0.4) is 0 Å². The molecule has 2 aliphatic rings. The first-order valence-corrected chi connectivity index (χ1v) is 7.11. The molecule has 2 unspecified atom stereocenters. The summed E-state index contributed by atoms with van der Waals surface area (Å²) in [6, 6.07) is 0.162. The van der Waals surface area contributed by atoms with Gasteiger partial charge in [-0.2, -0.15) is 0 Å². The van der Waals surface area contributed by atoms with Gasteiger partial charge in [0.25, 0.3) is 0 Å². The predicted molar refractivity (Wildman–Crippen MR) is 72.5 cm³/mol. The number of imidazole rings is 1. The zero-order valence-corrected chi connectivity index (χ0v) is 11.6. The van der Waals surface area contributed by atoms with Crippen LogP contribution in [0.15, 0.2) is 6.33 Å². The predicted octanol–water partition coefficient (Wildman–Crippen LogP) is 1.12. The fraction of sp³-hybridized carbons (Fsp3) is 0.714. The fourth-order valence-electron chi connectivity index (χ4n) is 3.22. The number of carbonyl (C=O) groups excluding carboxylic acids is 1. The first-order chi connectivity index (χ1) is 9.06. The third-order valence-electron chi connectivity index (χ3n) is 4.62. The van der Waals surface area contributed by atoms with Gasteiger partial charge in [-0.3, -0.25) is 10.1 Å². The Hall–Kier alpha value is -1.36. The number of amides is 1. The van der Waals surface area contributed by atoms with Crippen molar-refractivity contribution in [2.24, 2.45) is 5.41 Å². The van der Waals surface area contributed by atoms with Crippen LogP contribution in [0.5, 0.6) is 0 Å². The summed E-state index contributed by atoms with van der Waals surface area (Å²) in [5.41, 5.74) is 2.34. The second kappa shape index (κ2) is 4.63. The minimum absolute atomic E-state index is 0.119. The number of nitrogens with one attached hydrogen (secondary N) is 3. The maximum absolute atomic E-state index is 12.4. The number of hydrogen-bond acceptors (Lipinski definition) is 3. The lowest BCUT2D eigenvalue weighted by atomic mass is 9.87. The molecule has 1 saturated carbocycles. The standard InChI is InChI=1S/C14H22N4O/c1-14(2)5-3-4-12(14)18-13(19)10-6-9-11(7-15-10)17-8-16-9/h8,10,12,15H,3-7H2,1-2H3,(H,16,17)(H,18,19). The van der Waals surface area contributed by atoms with E-state index in [2.05, 4.69) is 34.4 Å². The van der Waals surface area contributed by atoms with Crippen LogP contribution in [0.25, 0.3) is 0 Å².